The van der Waals surface area contributed by atoms with E-state index in [9.17, 15) is 17.2 Å². The van der Waals surface area contributed by atoms with Crippen molar-refractivity contribution in [1.29, 1.82) is 0 Å². The first kappa shape index (κ1) is 16.1. The lowest BCUT2D eigenvalue weighted by Gasteiger charge is -2.11. The van der Waals surface area contributed by atoms with Crippen molar-refractivity contribution in [2.45, 2.75) is 11.5 Å². The van der Waals surface area contributed by atoms with Crippen LogP contribution in [-0.2, 0) is 16.6 Å². The van der Waals surface area contributed by atoms with Crippen molar-refractivity contribution in [3.63, 3.8) is 0 Å². The Morgan fingerprint density at radius 3 is 2.33 bits per heavy atom. The normalized spacial score (nSPS) is 11.4. The fourth-order valence-electron chi connectivity index (χ4n) is 1.62. The molecule has 2 aromatic rings. The Hall–Kier alpha value is -1.26. The zero-order valence-electron chi connectivity index (χ0n) is 10.5. The minimum Gasteiger partial charge on any atom is -0.484 e. The highest BCUT2D eigenvalue weighted by molar-refractivity contribution is 14.1. The van der Waals surface area contributed by atoms with Gasteiger partial charge in [-0.15, -0.1) is 0 Å². The first-order valence-corrected chi connectivity index (χ1v) is 8.29. The van der Waals surface area contributed by atoms with Gasteiger partial charge >= 0.3 is 0 Å². The van der Waals surface area contributed by atoms with Gasteiger partial charge in [0.05, 0.1) is 0 Å². The van der Waals surface area contributed by atoms with Gasteiger partial charge in [-0.05, 0) is 46.4 Å². The summed E-state index contributed by atoms with van der Waals surface area (Å²) < 4.78 is 55.8. The molecule has 0 saturated heterocycles. The van der Waals surface area contributed by atoms with Crippen LogP contribution in [0.4, 0.5) is 8.78 Å². The van der Waals surface area contributed by atoms with Crippen LogP contribution in [0.5, 0.6) is 5.75 Å². The van der Waals surface area contributed by atoms with Crippen molar-refractivity contribution in [2.75, 3.05) is 0 Å². The molecule has 8 heteroatoms. The van der Waals surface area contributed by atoms with E-state index < -0.39 is 32.3 Å². The maximum Gasteiger partial charge on any atom is 0.241 e. The van der Waals surface area contributed by atoms with Gasteiger partial charge in [0, 0.05) is 9.64 Å². The average Bonchev–Trinajstić information content (AvgIpc) is 2.38. The summed E-state index contributed by atoms with van der Waals surface area (Å²) in [7, 11) is -4.30. The van der Waals surface area contributed by atoms with E-state index in [4.69, 9.17) is 9.88 Å². The molecule has 0 atom stereocenters. The minimum atomic E-state index is -4.30. The third-order valence-electron chi connectivity index (χ3n) is 2.58. The molecule has 2 aromatic carbocycles. The Balaban J connectivity index is 2.33. The summed E-state index contributed by atoms with van der Waals surface area (Å²) in [5.74, 6) is -2.75. The Morgan fingerprint density at radius 2 is 1.76 bits per heavy atom. The van der Waals surface area contributed by atoms with Crippen LogP contribution in [0.3, 0.4) is 0 Å². The van der Waals surface area contributed by atoms with Gasteiger partial charge in [-0.3, -0.25) is 0 Å². The van der Waals surface area contributed by atoms with E-state index in [1.54, 1.807) is 12.1 Å². The number of benzene rings is 2. The zero-order valence-corrected chi connectivity index (χ0v) is 13.5. The number of rotatable bonds is 4. The van der Waals surface area contributed by atoms with Crippen LogP contribution in [0.15, 0.2) is 41.3 Å². The first-order valence-electron chi connectivity index (χ1n) is 5.66. The smallest absolute Gasteiger partial charge is 0.241 e. The number of ether oxygens (including phenoxy) is 1. The Kier molecular flexibility index (Phi) is 4.79. The van der Waals surface area contributed by atoms with Crippen LogP contribution in [0, 0.1) is 15.2 Å². The van der Waals surface area contributed by atoms with Crippen LogP contribution in [0.1, 0.15) is 5.56 Å². The van der Waals surface area contributed by atoms with Crippen molar-refractivity contribution < 1.29 is 21.9 Å². The fourth-order valence-corrected chi connectivity index (χ4v) is 2.68. The van der Waals surface area contributed by atoms with Crippen molar-refractivity contribution in [3.05, 3.63) is 57.2 Å². The molecule has 0 aliphatic heterocycles. The summed E-state index contributed by atoms with van der Waals surface area (Å²) in [6.45, 7) is -0.0675. The molecule has 0 spiro atoms. The van der Waals surface area contributed by atoms with Crippen LogP contribution in [0.2, 0.25) is 0 Å². The Bertz CT molecular complexity index is 764. The van der Waals surface area contributed by atoms with Gasteiger partial charge in [0.15, 0.2) is 11.6 Å². The van der Waals surface area contributed by atoms with Gasteiger partial charge in [0.25, 0.3) is 0 Å². The summed E-state index contributed by atoms with van der Waals surface area (Å²) >= 11 is 2.12. The van der Waals surface area contributed by atoms with Gasteiger partial charge in [-0.2, -0.15) is 0 Å². The molecule has 0 radical (unpaired) electrons. The molecule has 0 fully saturated rings. The van der Waals surface area contributed by atoms with Crippen molar-refractivity contribution in [2.24, 2.45) is 5.14 Å². The maximum absolute atomic E-state index is 13.7. The maximum atomic E-state index is 13.7. The predicted molar refractivity (Wildman–Crippen MR) is 81.2 cm³/mol. The van der Waals surface area contributed by atoms with E-state index in [0.29, 0.717) is 17.7 Å². The van der Waals surface area contributed by atoms with E-state index in [-0.39, 0.29) is 6.61 Å². The predicted octanol–water partition coefficient (Wildman–Crippen LogP) is 2.80. The summed E-state index contributed by atoms with van der Waals surface area (Å²) in [6, 6.07) is 8.31. The summed E-state index contributed by atoms with van der Waals surface area (Å²) in [4.78, 5) is -0.717. The largest absolute Gasteiger partial charge is 0.484 e. The molecule has 0 aromatic heterocycles. The fraction of sp³-hybridized carbons (Fsp3) is 0.0769. The number of hydrogen-bond donors (Lipinski definition) is 1. The molecule has 0 saturated carbocycles. The molecule has 2 rings (SSSR count). The van der Waals surface area contributed by atoms with Crippen LogP contribution < -0.4 is 9.88 Å². The van der Waals surface area contributed by atoms with E-state index in [1.165, 1.54) is 0 Å². The summed E-state index contributed by atoms with van der Waals surface area (Å²) in [5.41, 5.74) is 0.708. The third kappa shape index (κ3) is 4.11. The molecule has 0 amide bonds. The minimum absolute atomic E-state index is 0.0675. The summed E-state index contributed by atoms with van der Waals surface area (Å²) in [6.07, 6.45) is 0. The van der Waals surface area contributed by atoms with Gasteiger partial charge in [0.2, 0.25) is 10.0 Å². The van der Waals surface area contributed by atoms with Gasteiger partial charge < -0.3 is 4.74 Å². The van der Waals surface area contributed by atoms with Crippen LogP contribution >= 0.6 is 22.6 Å². The second kappa shape index (κ2) is 6.24. The highest BCUT2D eigenvalue weighted by Crippen LogP contribution is 2.28. The molecule has 0 heterocycles. The molecule has 0 aliphatic rings. The van der Waals surface area contributed by atoms with E-state index in [2.05, 4.69) is 22.6 Å². The lowest BCUT2D eigenvalue weighted by atomic mass is 10.2. The van der Waals surface area contributed by atoms with E-state index >= 15 is 0 Å². The van der Waals surface area contributed by atoms with Crippen LogP contribution in [-0.4, -0.2) is 8.42 Å². The van der Waals surface area contributed by atoms with Crippen molar-refractivity contribution in [1.82, 2.24) is 0 Å². The van der Waals surface area contributed by atoms with Gasteiger partial charge in [-0.1, -0.05) is 12.1 Å². The molecule has 21 heavy (non-hydrogen) atoms. The molecular weight excluding hydrogens is 415 g/mol. The van der Waals surface area contributed by atoms with Crippen LogP contribution in [0.25, 0.3) is 0 Å². The lowest BCUT2D eigenvalue weighted by Crippen LogP contribution is -2.15. The second-order valence-corrected chi connectivity index (χ2v) is 6.95. The highest BCUT2D eigenvalue weighted by Gasteiger charge is 2.21. The standard InChI is InChI=1S/C13H10F2INO3S/c14-9-5-11(15)13(12(6-9)21(17,18)19)20-7-8-1-3-10(16)4-2-8/h1-6H,7H2,(H2,17,18,19). The van der Waals surface area contributed by atoms with Crippen molar-refractivity contribution in [3.8, 4) is 5.75 Å². The molecule has 0 bridgehead atoms. The molecule has 112 valence electrons. The van der Waals surface area contributed by atoms with Crippen molar-refractivity contribution >= 4 is 32.6 Å². The quantitative estimate of drug-likeness (QED) is 0.767. The SMILES string of the molecule is NS(=O)(=O)c1cc(F)cc(F)c1OCc1ccc(I)cc1. The van der Waals surface area contributed by atoms with Gasteiger partial charge in [0.1, 0.15) is 17.3 Å². The molecule has 2 N–H and O–H groups in total. The number of sulfonamides is 1. The number of halogens is 3. The number of primary sulfonamides is 1. The molecule has 4 nitrogen and oxygen atoms in total. The monoisotopic (exact) mass is 425 g/mol. The first-order chi connectivity index (χ1) is 9.77. The number of hydrogen-bond acceptors (Lipinski definition) is 3. The average molecular weight is 425 g/mol. The van der Waals surface area contributed by atoms with E-state index in [1.807, 2.05) is 12.1 Å². The summed E-state index contributed by atoms with van der Waals surface area (Å²) in [5, 5.41) is 4.94. The Morgan fingerprint density at radius 1 is 1.14 bits per heavy atom. The molecule has 0 aliphatic carbocycles. The molecule has 0 unspecified atom stereocenters. The topological polar surface area (TPSA) is 69.4 Å². The Labute approximate surface area is 134 Å². The third-order valence-corrected chi connectivity index (χ3v) is 4.21. The highest BCUT2D eigenvalue weighted by atomic mass is 127. The van der Waals surface area contributed by atoms with E-state index in [0.717, 1.165) is 3.57 Å². The van der Waals surface area contributed by atoms with Gasteiger partial charge in [-0.25, -0.2) is 22.3 Å². The second-order valence-electron chi connectivity index (χ2n) is 4.18. The molecular formula is C13H10F2INO3S. The zero-order chi connectivity index (χ0) is 15.6. The number of nitrogens with two attached hydrogens (primary N) is 1. The lowest BCUT2D eigenvalue weighted by molar-refractivity contribution is 0.280.